The molecule has 0 bridgehead atoms. The van der Waals surface area contributed by atoms with Gasteiger partial charge in [0.1, 0.15) is 5.70 Å². The van der Waals surface area contributed by atoms with Crippen LogP contribution in [0.2, 0.25) is 0 Å². The second-order valence-corrected chi connectivity index (χ2v) is 5.93. The molecule has 8 nitrogen and oxygen atoms in total. The molecule has 3 amide bonds. The first-order valence-electron chi connectivity index (χ1n) is 8.72. The fourth-order valence-corrected chi connectivity index (χ4v) is 2.31. The van der Waals surface area contributed by atoms with Crippen LogP contribution in [-0.2, 0) is 19.1 Å². The summed E-state index contributed by atoms with van der Waals surface area (Å²) in [6, 6.07) is 15.1. The summed E-state index contributed by atoms with van der Waals surface area (Å²) in [5.41, 5.74) is 1.50. The Kier molecular flexibility index (Phi) is 7.67. The zero-order valence-corrected chi connectivity index (χ0v) is 16.0. The summed E-state index contributed by atoms with van der Waals surface area (Å²) < 4.78 is 4.99. The van der Waals surface area contributed by atoms with E-state index in [1.54, 1.807) is 48.5 Å². The van der Waals surface area contributed by atoms with Crippen LogP contribution in [0.3, 0.4) is 0 Å². The molecule has 0 aliphatic heterocycles. The number of esters is 1. The molecular formula is C21H21N3O5. The highest BCUT2D eigenvalue weighted by molar-refractivity contribution is 6.00. The van der Waals surface area contributed by atoms with E-state index in [4.69, 9.17) is 4.74 Å². The standard InChI is InChI=1S/C21H21N3O5/c1-14(25)23-18(12-15-6-4-3-5-7-15)21(28)29-13-19(26)24-17-10-8-16(9-11-17)20(27)22-2/h3-12H,13H2,1-2H3,(H,22,27)(H,23,25)(H,24,26)/b18-12-. The zero-order chi connectivity index (χ0) is 21.2. The van der Waals surface area contributed by atoms with Crippen LogP contribution in [0.4, 0.5) is 5.69 Å². The van der Waals surface area contributed by atoms with Gasteiger partial charge in [-0.05, 0) is 35.9 Å². The van der Waals surface area contributed by atoms with Gasteiger partial charge in [0.2, 0.25) is 5.91 Å². The molecule has 0 saturated heterocycles. The van der Waals surface area contributed by atoms with Crippen LogP contribution in [0.15, 0.2) is 60.3 Å². The van der Waals surface area contributed by atoms with E-state index >= 15 is 0 Å². The first kappa shape index (κ1) is 21.4. The van der Waals surface area contributed by atoms with Gasteiger partial charge in [-0.3, -0.25) is 14.4 Å². The maximum atomic E-state index is 12.3. The molecule has 0 aromatic heterocycles. The first-order chi connectivity index (χ1) is 13.9. The fraction of sp³-hybridized carbons (Fsp3) is 0.143. The van der Waals surface area contributed by atoms with Gasteiger partial charge in [-0.1, -0.05) is 30.3 Å². The molecule has 3 N–H and O–H groups in total. The third-order valence-electron chi connectivity index (χ3n) is 3.63. The lowest BCUT2D eigenvalue weighted by Crippen LogP contribution is -2.28. The molecule has 2 rings (SSSR count). The summed E-state index contributed by atoms with van der Waals surface area (Å²) in [5, 5.41) is 7.45. The van der Waals surface area contributed by atoms with Gasteiger partial charge >= 0.3 is 5.97 Å². The van der Waals surface area contributed by atoms with Gasteiger partial charge in [-0.15, -0.1) is 0 Å². The highest BCUT2D eigenvalue weighted by Crippen LogP contribution is 2.10. The van der Waals surface area contributed by atoms with Crippen LogP contribution >= 0.6 is 0 Å². The highest BCUT2D eigenvalue weighted by Gasteiger charge is 2.15. The molecule has 150 valence electrons. The summed E-state index contributed by atoms with van der Waals surface area (Å²) >= 11 is 0. The molecule has 0 heterocycles. The number of carbonyl (C=O) groups is 4. The van der Waals surface area contributed by atoms with Gasteiger partial charge in [-0.25, -0.2) is 4.79 Å². The Morgan fingerprint density at radius 1 is 0.966 bits per heavy atom. The van der Waals surface area contributed by atoms with Gasteiger partial charge in [0.15, 0.2) is 6.61 Å². The van der Waals surface area contributed by atoms with E-state index in [1.165, 1.54) is 20.0 Å². The van der Waals surface area contributed by atoms with Crippen LogP contribution in [0.5, 0.6) is 0 Å². The molecule has 0 aliphatic rings. The number of amides is 3. The minimum Gasteiger partial charge on any atom is -0.451 e. The Morgan fingerprint density at radius 2 is 1.62 bits per heavy atom. The van der Waals surface area contributed by atoms with Gasteiger partial charge in [0.05, 0.1) is 0 Å². The number of hydrogen-bond acceptors (Lipinski definition) is 5. The Hall–Kier alpha value is -3.94. The molecule has 0 saturated carbocycles. The van der Waals surface area contributed by atoms with Crippen molar-refractivity contribution in [1.82, 2.24) is 10.6 Å². The summed E-state index contributed by atoms with van der Waals surface area (Å²) in [6.45, 7) is 0.725. The van der Waals surface area contributed by atoms with Crippen LogP contribution < -0.4 is 16.0 Å². The fourth-order valence-electron chi connectivity index (χ4n) is 2.31. The SMILES string of the molecule is CNC(=O)c1ccc(NC(=O)COC(=O)/C(=C/c2ccccc2)NC(C)=O)cc1. The number of rotatable bonds is 7. The lowest BCUT2D eigenvalue weighted by Gasteiger charge is -2.10. The summed E-state index contributed by atoms with van der Waals surface area (Å²) in [5.74, 6) is -2.08. The van der Waals surface area contributed by atoms with Crippen molar-refractivity contribution in [2.75, 3.05) is 19.0 Å². The molecule has 29 heavy (non-hydrogen) atoms. The zero-order valence-electron chi connectivity index (χ0n) is 16.0. The molecule has 8 heteroatoms. The summed E-state index contributed by atoms with van der Waals surface area (Å²) in [6.07, 6.45) is 1.46. The van der Waals surface area contributed by atoms with Crippen molar-refractivity contribution in [3.05, 3.63) is 71.4 Å². The quantitative estimate of drug-likeness (QED) is 0.488. The van der Waals surface area contributed by atoms with Crippen molar-refractivity contribution in [3.8, 4) is 0 Å². The van der Waals surface area contributed by atoms with Crippen LogP contribution in [0.1, 0.15) is 22.8 Å². The molecule has 0 fully saturated rings. The number of anilines is 1. The van der Waals surface area contributed by atoms with Gasteiger partial charge < -0.3 is 20.7 Å². The monoisotopic (exact) mass is 395 g/mol. The van der Waals surface area contributed by atoms with Crippen molar-refractivity contribution in [2.45, 2.75) is 6.92 Å². The Morgan fingerprint density at radius 3 is 2.21 bits per heavy atom. The van der Waals surface area contributed by atoms with E-state index in [0.717, 1.165) is 0 Å². The highest BCUT2D eigenvalue weighted by atomic mass is 16.5. The maximum absolute atomic E-state index is 12.3. The van der Waals surface area contributed by atoms with E-state index in [0.29, 0.717) is 16.8 Å². The van der Waals surface area contributed by atoms with Crippen molar-refractivity contribution < 1.29 is 23.9 Å². The Balaban J connectivity index is 1.96. The minimum atomic E-state index is -0.839. The number of nitrogens with one attached hydrogen (secondary N) is 3. The van der Waals surface area contributed by atoms with Gasteiger partial charge in [0.25, 0.3) is 11.8 Å². The summed E-state index contributed by atoms with van der Waals surface area (Å²) in [7, 11) is 1.52. The van der Waals surface area contributed by atoms with E-state index in [2.05, 4.69) is 16.0 Å². The maximum Gasteiger partial charge on any atom is 0.355 e. The largest absolute Gasteiger partial charge is 0.451 e. The van der Waals surface area contributed by atoms with Gasteiger partial charge in [0, 0.05) is 25.2 Å². The van der Waals surface area contributed by atoms with E-state index < -0.39 is 24.4 Å². The van der Waals surface area contributed by atoms with Crippen molar-refractivity contribution in [2.24, 2.45) is 0 Å². The topological polar surface area (TPSA) is 114 Å². The normalized spacial score (nSPS) is 10.6. The van der Waals surface area contributed by atoms with Crippen LogP contribution in [0, 0.1) is 0 Å². The van der Waals surface area contributed by atoms with Gasteiger partial charge in [-0.2, -0.15) is 0 Å². The molecule has 0 atom stereocenters. The molecule has 0 spiro atoms. The Bertz CT molecular complexity index is 921. The second-order valence-electron chi connectivity index (χ2n) is 5.93. The third kappa shape index (κ3) is 6.94. The second kappa shape index (κ2) is 10.4. The molecule has 0 unspecified atom stereocenters. The molecule has 2 aromatic carbocycles. The molecular weight excluding hydrogens is 374 g/mol. The average molecular weight is 395 g/mol. The lowest BCUT2D eigenvalue weighted by atomic mass is 10.2. The summed E-state index contributed by atoms with van der Waals surface area (Å²) in [4.78, 5) is 47.1. The molecule has 0 aliphatic carbocycles. The number of hydrogen-bond donors (Lipinski definition) is 3. The number of ether oxygens (including phenoxy) is 1. The smallest absolute Gasteiger partial charge is 0.355 e. The predicted molar refractivity (Wildman–Crippen MR) is 108 cm³/mol. The number of carbonyl (C=O) groups excluding carboxylic acids is 4. The molecule has 2 aromatic rings. The van der Waals surface area contributed by atoms with E-state index in [9.17, 15) is 19.2 Å². The number of benzene rings is 2. The lowest BCUT2D eigenvalue weighted by molar-refractivity contribution is -0.144. The van der Waals surface area contributed by atoms with Crippen molar-refractivity contribution in [3.63, 3.8) is 0 Å². The predicted octanol–water partition coefficient (Wildman–Crippen LogP) is 1.71. The van der Waals surface area contributed by atoms with E-state index in [-0.39, 0.29) is 11.6 Å². The van der Waals surface area contributed by atoms with E-state index in [1.807, 2.05) is 6.07 Å². The van der Waals surface area contributed by atoms with Crippen molar-refractivity contribution >= 4 is 35.5 Å². The third-order valence-corrected chi connectivity index (χ3v) is 3.63. The minimum absolute atomic E-state index is 0.0774. The Labute approximate surface area is 167 Å². The average Bonchev–Trinajstić information content (AvgIpc) is 2.72. The van der Waals surface area contributed by atoms with Crippen LogP contribution in [-0.4, -0.2) is 37.3 Å². The molecule has 0 radical (unpaired) electrons. The van der Waals surface area contributed by atoms with Crippen LogP contribution in [0.25, 0.3) is 6.08 Å². The van der Waals surface area contributed by atoms with Crippen molar-refractivity contribution in [1.29, 1.82) is 0 Å². The first-order valence-corrected chi connectivity index (χ1v) is 8.72.